The van der Waals surface area contributed by atoms with Crippen molar-refractivity contribution >= 4 is 17.5 Å². The lowest BCUT2D eigenvalue weighted by molar-refractivity contribution is -0.141. The van der Waals surface area contributed by atoms with Gasteiger partial charge in [-0.2, -0.15) is 0 Å². The van der Waals surface area contributed by atoms with E-state index >= 15 is 0 Å². The SMILES string of the molecule is CC(C)C(=O)N1CCN(C(=O)C2=NCC=C2)C(C)C1. The van der Waals surface area contributed by atoms with Crippen LogP contribution in [0.15, 0.2) is 17.1 Å². The molecule has 0 N–H and O–H groups in total. The Kier molecular flexibility index (Phi) is 4.02. The summed E-state index contributed by atoms with van der Waals surface area (Å²) in [5.41, 5.74) is 0.537. The molecule has 1 unspecified atom stereocenters. The molecule has 0 bridgehead atoms. The maximum absolute atomic E-state index is 12.3. The monoisotopic (exact) mass is 263 g/mol. The van der Waals surface area contributed by atoms with Crippen molar-refractivity contribution in [1.29, 1.82) is 0 Å². The Morgan fingerprint density at radius 1 is 1.37 bits per heavy atom. The van der Waals surface area contributed by atoms with Gasteiger partial charge in [-0.05, 0) is 13.0 Å². The molecular weight excluding hydrogens is 242 g/mol. The molecule has 2 rings (SSSR count). The summed E-state index contributed by atoms with van der Waals surface area (Å²) in [6.07, 6.45) is 3.66. The van der Waals surface area contributed by atoms with E-state index in [1.165, 1.54) is 0 Å². The van der Waals surface area contributed by atoms with Gasteiger partial charge in [-0.3, -0.25) is 14.6 Å². The molecule has 0 aliphatic carbocycles. The summed E-state index contributed by atoms with van der Waals surface area (Å²) in [5.74, 6) is 0.159. The van der Waals surface area contributed by atoms with Crippen LogP contribution in [0.25, 0.3) is 0 Å². The van der Waals surface area contributed by atoms with E-state index in [0.717, 1.165) is 0 Å². The van der Waals surface area contributed by atoms with Crippen LogP contribution in [-0.4, -0.2) is 59.5 Å². The van der Waals surface area contributed by atoms with Crippen LogP contribution in [0.3, 0.4) is 0 Å². The summed E-state index contributed by atoms with van der Waals surface area (Å²) < 4.78 is 0. The fraction of sp³-hybridized carbons (Fsp3) is 0.643. The quantitative estimate of drug-likeness (QED) is 0.737. The molecule has 5 nitrogen and oxygen atoms in total. The Morgan fingerprint density at radius 3 is 2.63 bits per heavy atom. The van der Waals surface area contributed by atoms with Crippen LogP contribution in [0.1, 0.15) is 20.8 Å². The van der Waals surface area contributed by atoms with Gasteiger partial charge in [-0.15, -0.1) is 0 Å². The zero-order chi connectivity index (χ0) is 14.0. The van der Waals surface area contributed by atoms with Gasteiger partial charge in [-0.25, -0.2) is 0 Å². The third kappa shape index (κ3) is 2.85. The van der Waals surface area contributed by atoms with Crippen LogP contribution in [0.2, 0.25) is 0 Å². The molecule has 1 fully saturated rings. The normalized spacial score (nSPS) is 22.9. The first-order valence-corrected chi connectivity index (χ1v) is 6.81. The fourth-order valence-corrected chi connectivity index (χ4v) is 2.48. The predicted octanol–water partition coefficient (Wildman–Crippen LogP) is 0.712. The molecule has 0 aromatic rings. The van der Waals surface area contributed by atoms with E-state index in [4.69, 9.17) is 0 Å². The molecule has 2 aliphatic heterocycles. The summed E-state index contributed by atoms with van der Waals surface area (Å²) in [6, 6.07) is 0.0423. The van der Waals surface area contributed by atoms with E-state index < -0.39 is 0 Å². The number of aliphatic imine (C=N–C) groups is 1. The number of hydrogen-bond donors (Lipinski definition) is 0. The number of carbonyl (C=O) groups is 2. The lowest BCUT2D eigenvalue weighted by atomic mass is 10.1. The van der Waals surface area contributed by atoms with Crippen LogP contribution >= 0.6 is 0 Å². The summed E-state index contributed by atoms with van der Waals surface area (Å²) in [7, 11) is 0. The van der Waals surface area contributed by atoms with Crippen molar-refractivity contribution in [3.63, 3.8) is 0 Å². The van der Waals surface area contributed by atoms with Crippen LogP contribution < -0.4 is 0 Å². The third-order valence-corrected chi connectivity index (χ3v) is 3.56. The van der Waals surface area contributed by atoms with Crippen LogP contribution in [0.4, 0.5) is 0 Å². The molecule has 2 heterocycles. The highest BCUT2D eigenvalue weighted by molar-refractivity contribution is 6.43. The highest BCUT2D eigenvalue weighted by atomic mass is 16.2. The second kappa shape index (κ2) is 5.55. The molecule has 104 valence electrons. The highest BCUT2D eigenvalue weighted by Crippen LogP contribution is 2.14. The van der Waals surface area contributed by atoms with Crippen LogP contribution in [-0.2, 0) is 9.59 Å². The molecule has 0 radical (unpaired) electrons. The summed E-state index contributed by atoms with van der Waals surface area (Å²) >= 11 is 0. The van der Waals surface area contributed by atoms with Gasteiger partial charge in [0.2, 0.25) is 5.91 Å². The molecule has 0 spiro atoms. The summed E-state index contributed by atoms with van der Waals surface area (Å²) in [4.78, 5) is 32.1. The first-order valence-electron chi connectivity index (χ1n) is 6.81. The lowest BCUT2D eigenvalue weighted by Crippen LogP contribution is -2.57. The number of piperazine rings is 1. The van der Waals surface area contributed by atoms with Gasteiger partial charge >= 0.3 is 0 Å². The first kappa shape index (κ1) is 13.8. The molecule has 5 heteroatoms. The smallest absolute Gasteiger partial charge is 0.272 e. The maximum atomic E-state index is 12.3. The van der Waals surface area contributed by atoms with Gasteiger partial charge in [0, 0.05) is 31.6 Å². The molecule has 0 saturated carbocycles. The van der Waals surface area contributed by atoms with Crippen molar-refractivity contribution in [2.24, 2.45) is 10.9 Å². The number of amides is 2. The maximum Gasteiger partial charge on any atom is 0.272 e. The Labute approximate surface area is 114 Å². The molecule has 2 amide bonds. The molecule has 2 aliphatic rings. The van der Waals surface area contributed by atoms with Crippen molar-refractivity contribution < 1.29 is 9.59 Å². The standard InChI is InChI=1S/C14H21N3O2/c1-10(2)13(18)16-7-8-17(11(3)9-16)14(19)12-5-4-6-15-12/h4-5,10-11H,6-9H2,1-3H3. The van der Waals surface area contributed by atoms with Crippen LogP contribution in [0.5, 0.6) is 0 Å². The molecule has 0 aromatic heterocycles. The average Bonchev–Trinajstić information content (AvgIpc) is 2.90. The number of nitrogens with zero attached hydrogens (tertiary/aromatic N) is 3. The Hall–Kier alpha value is -1.65. The predicted molar refractivity (Wildman–Crippen MR) is 74.0 cm³/mol. The van der Waals surface area contributed by atoms with E-state index in [1.807, 2.05) is 36.6 Å². The second-order valence-corrected chi connectivity index (χ2v) is 5.41. The van der Waals surface area contributed by atoms with Gasteiger partial charge < -0.3 is 9.80 Å². The van der Waals surface area contributed by atoms with Gasteiger partial charge in [0.1, 0.15) is 5.71 Å². The molecule has 0 aromatic carbocycles. The molecule has 19 heavy (non-hydrogen) atoms. The summed E-state index contributed by atoms with van der Waals surface area (Å²) in [6.45, 7) is 8.21. The zero-order valence-corrected chi connectivity index (χ0v) is 11.8. The van der Waals surface area contributed by atoms with Gasteiger partial charge in [-0.1, -0.05) is 19.9 Å². The van der Waals surface area contributed by atoms with Crippen molar-refractivity contribution in [2.75, 3.05) is 26.2 Å². The van der Waals surface area contributed by atoms with Crippen LogP contribution in [0, 0.1) is 5.92 Å². The van der Waals surface area contributed by atoms with Crippen molar-refractivity contribution in [2.45, 2.75) is 26.8 Å². The van der Waals surface area contributed by atoms with E-state index in [1.54, 1.807) is 6.08 Å². The highest BCUT2D eigenvalue weighted by Gasteiger charge is 2.31. The molecular formula is C14H21N3O2. The largest absolute Gasteiger partial charge is 0.339 e. The topological polar surface area (TPSA) is 53.0 Å². The Morgan fingerprint density at radius 2 is 2.11 bits per heavy atom. The van der Waals surface area contributed by atoms with Gasteiger partial charge in [0.25, 0.3) is 5.91 Å². The first-order chi connectivity index (χ1) is 9.00. The second-order valence-electron chi connectivity index (χ2n) is 5.41. The third-order valence-electron chi connectivity index (χ3n) is 3.56. The minimum atomic E-state index is -0.0158. The van der Waals surface area contributed by atoms with E-state index in [2.05, 4.69) is 4.99 Å². The lowest BCUT2D eigenvalue weighted by Gasteiger charge is -2.40. The summed E-state index contributed by atoms with van der Waals surface area (Å²) in [5, 5.41) is 0. The van der Waals surface area contributed by atoms with E-state index in [-0.39, 0.29) is 23.8 Å². The minimum absolute atomic E-state index is 0.0107. The number of carbonyl (C=O) groups excluding carboxylic acids is 2. The average molecular weight is 263 g/mol. The number of hydrogen-bond acceptors (Lipinski definition) is 3. The van der Waals surface area contributed by atoms with E-state index in [9.17, 15) is 9.59 Å². The fourth-order valence-electron chi connectivity index (χ4n) is 2.48. The van der Waals surface area contributed by atoms with E-state index in [0.29, 0.717) is 31.9 Å². The minimum Gasteiger partial charge on any atom is -0.339 e. The van der Waals surface area contributed by atoms with Gasteiger partial charge in [0.05, 0.1) is 6.54 Å². The van der Waals surface area contributed by atoms with Crippen molar-refractivity contribution in [3.05, 3.63) is 12.2 Å². The molecule has 1 atom stereocenters. The number of rotatable bonds is 2. The van der Waals surface area contributed by atoms with Crippen molar-refractivity contribution in [3.8, 4) is 0 Å². The Bertz CT molecular complexity index is 440. The van der Waals surface area contributed by atoms with Crippen molar-refractivity contribution in [1.82, 2.24) is 9.80 Å². The Balaban J connectivity index is 1.99. The van der Waals surface area contributed by atoms with Gasteiger partial charge in [0.15, 0.2) is 0 Å². The molecule has 1 saturated heterocycles. The zero-order valence-electron chi connectivity index (χ0n) is 11.8.